The largest absolute Gasteiger partial charge is 0.466 e. The molecule has 0 radical (unpaired) electrons. The molecular formula is C27H50O6. The van der Waals surface area contributed by atoms with Crippen molar-refractivity contribution in [3.63, 3.8) is 0 Å². The summed E-state index contributed by atoms with van der Waals surface area (Å²) in [6, 6.07) is 0. The minimum atomic E-state index is -0.846. The lowest BCUT2D eigenvalue weighted by molar-refractivity contribution is -0.159. The molecule has 0 spiro atoms. The summed E-state index contributed by atoms with van der Waals surface area (Å²) < 4.78 is 16.0. The second kappa shape index (κ2) is 23.6. The monoisotopic (exact) mass is 470 g/mol. The quantitative estimate of drug-likeness (QED) is 0.0915. The van der Waals surface area contributed by atoms with Gasteiger partial charge in [0.1, 0.15) is 0 Å². The van der Waals surface area contributed by atoms with Gasteiger partial charge in [0, 0.05) is 0 Å². The predicted molar refractivity (Wildman–Crippen MR) is 132 cm³/mol. The number of carbonyl (C=O) groups excluding carboxylic acids is 3. The second-order valence-corrected chi connectivity index (χ2v) is 8.96. The Morgan fingerprint density at radius 3 is 1.18 bits per heavy atom. The number of ether oxygens (including phenoxy) is 3. The van der Waals surface area contributed by atoms with Crippen molar-refractivity contribution in [2.45, 2.75) is 130 Å². The van der Waals surface area contributed by atoms with Crippen LogP contribution in [0.2, 0.25) is 0 Å². The Bertz CT molecular complexity index is 461. The van der Waals surface area contributed by atoms with Crippen molar-refractivity contribution < 1.29 is 28.6 Å². The molecular weight excluding hydrogens is 420 g/mol. The Balaban J connectivity index is 4.44. The molecule has 0 aromatic rings. The predicted octanol–water partition coefficient (Wildman–Crippen LogP) is 6.92. The summed E-state index contributed by atoms with van der Waals surface area (Å²) in [7, 11) is 0. The molecule has 0 aliphatic carbocycles. The van der Waals surface area contributed by atoms with Gasteiger partial charge in [-0.05, 0) is 19.3 Å². The Morgan fingerprint density at radius 2 is 0.818 bits per heavy atom. The standard InChI is InChI=1S/C27H50O6/c1-4-7-10-13-16-19-31-25(28)22-24(27(30)33-21-18-15-12-9-6-3)23-26(29)32-20-17-14-11-8-5-2/h24H,4-23H2,1-3H3. The molecule has 0 heterocycles. The van der Waals surface area contributed by atoms with Crippen LogP contribution in [0.1, 0.15) is 130 Å². The number of carbonyl (C=O) groups is 3. The van der Waals surface area contributed by atoms with Gasteiger partial charge in [-0.25, -0.2) is 0 Å². The summed E-state index contributed by atoms with van der Waals surface area (Å²) in [5.41, 5.74) is 0. The van der Waals surface area contributed by atoms with Crippen molar-refractivity contribution >= 4 is 17.9 Å². The normalized spacial score (nSPS) is 10.9. The van der Waals surface area contributed by atoms with Crippen LogP contribution in [0.3, 0.4) is 0 Å². The highest BCUT2D eigenvalue weighted by Gasteiger charge is 2.27. The van der Waals surface area contributed by atoms with Gasteiger partial charge in [0.25, 0.3) is 0 Å². The maximum absolute atomic E-state index is 12.6. The number of hydrogen-bond acceptors (Lipinski definition) is 6. The van der Waals surface area contributed by atoms with Crippen LogP contribution in [-0.4, -0.2) is 37.7 Å². The topological polar surface area (TPSA) is 78.9 Å². The van der Waals surface area contributed by atoms with E-state index in [1.54, 1.807) is 0 Å². The summed E-state index contributed by atoms with van der Waals surface area (Å²) in [4.78, 5) is 37.1. The average Bonchev–Trinajstić information content (AvgIpc) is 2.80. The van der Waals surface area contributed by atoms with Crippen LogP contribution in [0.5, 0.6) is 0 Å². The summed E-state index contributed by atoms with van der Waals surface area (Å²) in [6.07, 6.45) is 15.6. The molecule has 0 bridgehead atoms. The zero-order valence-corrected chi connectivity index (χ0v) is 21.7. The summed E-state index contributed by atoms with van der Waals surface area (Å²) in [5, 5.41) is 0. The van der Waals surface area contributed by atoms with Crippen molar-refractivity contribution in [1.82, 2.24) is 0 Å². The molecule has 0 amide bonds. The molecule has 0 atom stereocenters. The van der Waals surface area contributed by atoms with Gasteiger partial charge in [-0.15, -0.1) is 0 Å². The molecule has 0 saturated heterocycles. The molecule has 0 unspecified atom stereocenters. The first-order valence-electron chi connectivity index (χ1n) is 13.5. The first-order valence-corrected chi connectivity index (χ1v) is 13.5. The van der Waals surface area contributed by atoms with Gasteiger partial charge in [-0.2, -0.15) is 0 Å². The molecule has 33 heavy (non-hydrogen) atoms. The maximum Gasteiger partial charge on any atom is 0.310 e. The van der Waals surface area contributed by atoms with Crippen LogP contribution in [0, 0.1) is 5.92 Å². The van der Waals surface area contributed by atoms with Crippen molar-refractivity contribution in [3.05, 3.63) is 0 Å². The Hall–Kier alpha value is -1.59. The highest BCUT2D eigenvalue weighted by molar-refractivity contribution is 5.84. The zero-order chi connectivity index (χ0) is 24.6. The summed E-state index contributed by atoms with van der Waals surface area (Å²) >= 11 is 0. The van der Waals surface area contributed by atoms with E-state index in [9.17, 15) is 14.4 Å². The Labute approximate surface area is 202 Å². The number of esters is 3. The molecule has 0 aliphatic rings. The van der Waals surface area contributed by atoms with E-state index in [-0.39, 0.29) is 12.8 Å². The van der Waals surface area contributed by atoms with Crippen molar-refractivity contribution in [1.29, 1.82) is 0 Å². The van der Waals surface area contributed by atoms with Gasteiger partial charge >= 0.3 is 17.9 Å². The first kappa shape index (κ1) is 31.4. The second-order valence-electron chi connectivity index (χ2n) is 8.96. The van der Waals surface area contributed by atoms with Crippen LogP contribution in [0.15, 0.2) is 0 Å². The molecule has 0 rings (SSSR count). The van der Waals surface area contributed by atoms with Gasteiger partial charge in [0.15, 0.2) is 0 Å². The fourth-order valence-electron chi connectivity index (χ4n) is 3.54. The minimum Gasteiger partial charge on any atom is -0.466 e. The van der Waals surface area contributed by atoms with E-state index in [4.69, 9.17) is 14.2 Å². The van der Waals surface area contributed by atoms with E-state index < -0.39 is 23.8 Å². The van der Waals surface area contributed by atoms with E-state index in [0.717, 1.165) is 77.0 Å². The van der Waals surface area contributed by atoms with Gasteiger partial charge in [0.2, 0.25) is 0 Å². The Morgan fingerprint density at radius 1 is 0.485 bits per heavy atom. The molecule has 194 valence electrons. The lowest BCUT2D eigenvalue weighted by Gasteiger charge is -2.15. The highest BCUT2D eigenvalue weighted by atomic mass is 16.5. The van der Waals surface area contributed by atoms with Crippen molar-refractivity contribution in [3.8, 4) is 0 Å². The van der Waals surface area contributed by atoms with Crippen LogP contribution in [-0.2, 0) is 28.6 Å². The molecule has 0 aromatic carbocycles. The number of rotatable bonds is 23. The van der Waals surface area contributed by atoms with Crippen molar-refractivity contribution in [2.75, 3.05) is 19.8 Å². The zero-order valence-electron chi connectivity index (χ0n) is 21.7. The summed E-state index contributed by atoms with van der Waals surface area (Å²) in [5.74, 6) is -2.27. The third-order valence-electron chi connectivity index (χ3n) is 5.67. The van der Waals surface area contributed by atoms with Crippen LogP contribution in [0.4, 0.5) is 0 Å². The Kier molecular flexibility index (Phi) is 22.4. The van der Waals surface area contributed by atoms with Crippen molar-refractivity contribution in [2.24, 2.45) is 5.92 Å². The fraction of sp³-hybridized carbons (Fsp3) is 0.889. The van der Waals surface area contributed by atoms with E-state index >= 15 is 0 Å². The molecule has 0 saturated carbocycles. The first-order chi connectivity index (χ1) is 16.0. The maximum atomic E-state index is 12.6. The highest BCUT2D eigenvalue weighted by Crippen LogP contribution is 2.15. The fourth-order valence-corrected chi connectivity index (χ4v) is 3.54. The molecule has 6 nitrogen and oxygen atoms in total. The summed E-state index contributed by atoms with van der Waals surface area (Å²) in [6.45, 7) is 7.48. The van der Waals surface area contributed by atoms with E-state index in [0.29, 0.717) is 19.8 Å². The molecule has 0 fully saturated rings. The van der Waals surface area contributed by atoms with E-state index in [2.05, 4.69) is 20.8 Å². The van der Waals surface area contributed by atoms with Crippen LogP contribution >= 0.6 is 0 Å². The SMILES string of the molecule is CCCCCCCOC(=O)CC(CC(=O)OCCCCCCC)C(=O)OCCCCCCC. The van der Waals surface area contributed by atoms with Crippen LogP contribution in [0.25, 0.3) is 0 Å². The van der Waals surface area contributed by atoms with Gasteiger partial charge in [-0.1, -0.05) is 97.8 Å². The minimum absolute atomic E-state index is 0.144. The third-order valence-corrected chi connectivity index (χ3v) is 5.67. The molecule has 0 N–H and O–H groups in total. The third kappa shape index (κ3) is 20.7. The average molecular weight is 471 g/mol. The lowest BCUT2D eigenvalue weighted by Crippen LogP contribution is -2.26. The van der Waals surface area contributed by atoms with Gasteiger partial charge in [0.05, 0.1) is 38.6 Å². The van der Waals surface area contributed by atoms with Gasteiger partial charge in [-0.3, -0.25) is 14.4 Å². The lowest BCUT2D eigenvalue weighted by atomic mass is 10.0. The smallest absolute Gasteiger partial charge is 0.310 e. The van der Waals surface area contributed by atoms with E-state index in [1.165, 1.54) is 19.3 Å². The molecule has 0 aromatic heterocycles. The molecule has 0 aliphatic heterocycles. The number of hydrogen-bond donors (Lipinski definition) is 0. The molecule has 6 heteroatoms. The van der Waals surface area contributed by atoms with Gasteiger partial charge < -0.3 is 14.2 Å². The van der Waals surface area contributed by atoms with Crippen LogP contribution < -0.4 is 0 Å². The van der Waals surface area contributed by atoms with E-state index in [1.807, 2.05) is 0 Å². The number of unbranched alkanes of at least 4 members (excludes halogenated alkanes) is 12.